The van der Waals surface area contributed by atoms with E-state index in [-0.39, 0.29) is 0 Å². The van der Waals surface area contributed by atoms with Crippen LogP contribution in [-0.4, -0.2) is 4.98 Å². The first-order chi connectivity index (χ1) is 8.60. The van der Waals surface area contributed by atoms with Gasteiger partial charge in [0.15, 0.2) is 0 Å². The lowest BCUT2D eigenvalue weighted by molar-refractivity contribution is 0.433. The van der Waals surface area contributed by atoms with Crippen LogP contribution in [-0.2, 0) is 13.0 Å². The fourth-order valence-corrected chi connectivity index (χ4v) is 2.75. The minimum Gasteiger partial charge on any atom is -0.444 e. The standard InChI is InChI=1S/C14H20N2OS/c1-5-12-6-7-13(18-12)10(3)15-8-14-16-9(2)11(4)17-14/h6-7,10,15H,5,8H2,1-4H3. The molecule has 98 valence electrons. The smallest absolute Gasteiger partial charge is 0.208 e. The fourth-order valence-electron chi connectivity index (χ4n) is 1.77. The molecule has 0 aliphatic rings. The second-order valence-electron chi connectivity index (χ2n) is 4.51. The monoisotopic (exact) mass is 264 g/mol. The van der Waals surface area contributed by atoms with Crippen LogP contribution < -0.4 is 5.32 Å². The number of thiophene rings is 1. The normalized spacial score (nSPS) is 12.9. The fraction of sp³-hybridized carbons (Fsp3) is 0.500. The maximum Gasteiger partial charge on any atom is 0.208 e. The highest BCUT2D eigenvalue weighted by Crippen LogP contribution is 2.23. The molecule has 2 heterocycles. The molecule has 1 unspecified atom stereocenters. The van der Waals surface area contributed by atoms with Crippen LogP contribution in [0.2, 0.25) is 0 Å². The van der Waals surface area contributed by atoms with Gasteiger partial charge in [0.25, 0.3) is 0 Å². The van der Waals surface area contributed by atoms with Crippen LogP contribution in [0.1, 0.15) is 47.0 Å². The molecule has 0 spiro atoms. The molecule has 18 heavy (non-hydrogen) atoms. The van der Waals surface area contributed by atoms with Crippen molar-refractivity contribution in [3.8, 4) is 0 Å². The SMILES string of the molecule is CCc1ccc(C(C)NCc2nc(C)c(C)o2)s1. The van der Waals surface area contributed by atoms with Crippen molar-refractivity contribution in [3.63, 3.8) is 0 Å². The molecule has 2 aromatic rings. The lowest BCUT2D eigenvalue weighted by Crippen LogP contribution is -2.17. The van der Waals surface area contributed by atoms with Crippen molar-refractivity contribution < 1.29 is 4.42 Å². The van der Waals surface area contributed by atoms with Gasteiger partial charge in [-0.2, -0.15) is 0 Å². The van der Waals surface area contributed by atoms with Gasteiger partial charge in [-0.05, 0) is 39.3 Å². The molecule has 0 aliphatic heterocycles. The highest BCUT2D eigenvalue weighted by atomic mass is 32.1. The van der Waals surface area contributed by atoms with E-state index in [9.17, 15) is 0 Å². The van der Waals surface area contributed by atoms with Crippen molar-refractivity contribution >= 4 is 11.3 Å². The van der Waals surface area contributed by atoms with E-state index in [1.54, 1.807) is 0 Å². The van der Waals surface area contributed by atoms with Gasteiger partial charge in [-0.3, -0.25) is 0 Å². The number of nitrogens with zero attached hydrogens (tertiary/aromatic N) is 1. The molecule has 0 aromatic carbocycles. The summed E-state index contributed by atoms with van der Waals surface area (Å²) in [6.45, 7) is 8.95. The van der Waals surface area contributed by atoms with E-state index >= 15 is 0 Å². The molecule has 3 nitrogen and oxygen atoms in total. The molecule has 0 aliphatic carbocycles. The molecular formula is C14H20N2OS. The molecule has 0 bridgehead atoms. The molecule has 1 N–H and O–H groups in total. The van der Waals surface area contributed by atoms with E-state index in [2.05, 4.69) is 36.3 Å². The quantitative estimate of drug-likeness (QED) is 0.893. The largest absolute Gasteiger partial charge is 0.444 e. The van der Waals surface area contributed by atoms with Crippen LogP contribution in [0.3, 0.4) is 0 Å². The highest BCUT2D eigenvalue weighted by molar-refractivity contribution is 7.12. The summed E-state index contributed by atoms with van der Waals surface area (Å²) in [6.07, 6.45) is 1.11. The maximum absolute atomic E-state index is 5.56. The number of rotatable bonds is 5. The summed E-state index contributed by atoms with van der Waals surface area (Å²) in [6, 6.07) is 4.74. The van der Waals surface area contributed by atoms with Crippen LogP contribution in [0.15, 0.2) is 16.5 Å². The lowest BCUT2D eigenvalue weighted by atomic mass is 10.2. The van der Waals surface area contributed by atoms with Crippen LogP contribution in [0, 0.1) is 13.8 Å². The molecule has 0 amide bonds. The number of nitrogens with one attached hydrogen (secondary N) is 1. The molecule has 0 radical (unpaired) electrons. The van der Waals surface area contributed by atoms with E-state index < -0.39 is 0 Å². The third-order valence-corrected chi connectivity index (χ3v) is 4.50. The Morgan fingerprint density at radius 1 is 1.39 bits per heavy atom. The number of hydrogen-bond donors (Lipinski definition) is 1. The third-order valence-electron chi connectivity index (χ3n) is 3.09. The average Bonchev–Trinajstić information content (AvgIpc) is 2.94. The summed E-state index contributed by atoms with van der Waals surface area (Å²) < 4.78 is 5.56. The topological polar surface area (TPSA) is 38.1 Å². The van der Waals surface area contributed by atoms with Crippen LogP contribution in [0.25, 0.3) is 0 Å². The molecular weight excluding hydrogens is 244 g/mol. The number of aryl methyl sites for hydroxylation is 3. The minimum atomic E-state index is 0.336. The predicted octanol–water partition coefficient (Wildman–Crippen LogP) is 3.77. The maximum atomic E-state index is 5.56. The van der Waals surface area contributed by atoms with E-state index in [0.29, 0.717) is 12.6 Å². The zero-order chi connectivity index (χ0) is 13.1. The van der Waals surface area contributed by atoms with Crippen molar-refractivity contribution in [3.05, 3.63) is 39.2 Å². The summed E-state index contributed by atoms with van der Waals surface area (Å²) in [4.78, 5) is 7.17. The number of hydrogen-bond acceptors (Lipinski definition) is 4. The van der Waals surface area contributed by atoms with Crippen molar-refractivity contribution in [1.82, 2.24) is 10.3 Å². The van der Waals surface area contributed by atoms with Gasteiger partial charge >= 0.3 is 0 Å². The Morgan fingerprint density at radius 3 is 2.72 bits per heavy atom. The Kier molecular flexibility index (Phi) is 4.19. The predicted molar refractivity (Wildman–Crippen MR) is 74.9 cm³/mol. The minimum absolute atomic E-state index is 0.336. The van der Waals surface area contributed by atoms with Crippen molar-refractivity contribution in [2.24, 2.45) is 0 Å². The number of oxazole rings is 1. The summed E-state index contributed by atoms with van der Waals surface area (Å²) in [5.74, 6) is 1.67. The van der Waals surface area contributed by atoms with Gasteiger partial charge < -0.3 is 9.73 Å². The Bertz CT molecular complexity index is 496. The van der Waals surface area contributed by atoms with E-state index in [0.717, 1.165) is 23.8 Å². The van der Waals surface area contributed by atoms with Crippen molar-refractivity contribution in [2.45, 2.75) is 46.7 Å². The zero-order valence-corrected chi connectivity index (χ0v) is 12.2. The number of aromatic nitrogens is 1. The molecule has 1 atom stereocenters. The summed E-state index contributed by atoms with van der Waals surface area (Å²) in [5.41, 5.74) is 0.976. The van der Waals surface area contributed by atoms with Crippen molar-refractivity contribution in [1.29, 1.82) is 0 Å². The Hall–Kier alpha value is -1.13. The van der Waals surface area contributed by atoms with Crippen LogP contribution >= 0.6 is 11.3 Å². The summed E-state index contributed by atoms with van der Waals surface area (Å²) in [5, 5.41) is 3.45. The average molecular weight is 264 g/mol. The zero-order valence-electron chi connectivity index (χ0n) is 11.4. The summed E-state index contributed by atoms with van der Waals surface area (Å²) >= 11 is 1.87. The van der Waals surface area contributed by atoms with Crippen LogP contribution in [0.5, 0.6) is 0 Å². The van der Waals surface area contributed by atoms with Gasteiger partial charge in [-0.15, -0.1) is 11.3 Å². The van der Waals surface area contributed by atoms with Gasteiger partial charge in [0.2, 0.25) is 5.89 Å². The molecule has 2 aromatic heterocycles. The van der Waals surface area contributed by atoms with Gasteiger partial charge in [-0.1, -0.05) is 6.92 Å². The molecule has 0 fully saturated rings. The van der Waals surface area contributed by atoms with E-state index in [4.69, 9.17) is 4.42 Å². The van der Waals surface area contributed by atoms with Gasteiger partial charge in [0.1, 0.15) is 5.76 Å². The Morgan fingerprint density at radius 2 is 2.17 bits per heavy atom. The first kappa shape index (κ1) is 13.3. The van der Waals surface area contributed by atoms with Crippen LogP contribution in [0.4, 0.5) is 0 Å². The third kappa shape index (κ3) is 3.00. The van der Waals surface area contributed by atoms with Gasteiger partial charge in [0, 0.05) is 15.8 Å². The molecule has 0 saturated carbocycles. The Balaban J connectivity index is 1.93. The first-order valence-electron chi connectivity index (χ1n) is 6.35. The second-order valence-corrected chi connectivity index (χ2v) is 5.71. The van der Waals surface area contributed by atoms with Crippen molar-refractivity contribution in [2.75, 3.05) is 0 Å². The summed E-state index contributed by atoms with van der Waals surface area (Å²) in [7, 11) is 0. The first-order valence-corrected chi connectivity index (χ1v) is 7.16. The molecule has 4 heteroatoms. The molecule has 0 saturated heterocycles. The molecule has 2 rings (SSSR count). The van der Waals surface area contributed by atoms with E-state index in [1.807, 2.05) is 25.2 Å². The van der Waals surface area contributed by atoms with E-state index in [1.165, 1.54) is 9.75 Å². The second kappa shape index (κ2) is 5.67. The van der Waals surface area contributed by atoms with Gasteiger partial charge in [0.05, 0.1) is 12.2 Å². The Labute approximate surface area is 112 Å². The van der Waals surface area contributed by atoms with Gasteiger partial charge in [-0.25, -0.2) is 4.98 Å². The lowest BCUT2D eigenvalue weighted by Gasteiger charge is -2.09. The highest BCUT2D eigenvalue weighted by Gasteiger charge is 2.10.